The predicted octanol–water partition coefficient (Wildman–Crippen LogP) is 3.99. The molecule has 0 saturated heterocycles. The zero-order chi connectivity index (χ0) is 15.4. The smallest absolute Gasteiger partial charge is 0.257 e. The second kappa shape index (κ2) is 6.87. The quantitative estimate of drug-likeness (QED) is 0.772. The third-order valence-electron chi connectivity index (χ3n) is 2.65. The van der Waals surface area contributed by atoms with Crippen molar-refractivity contribution in [1.29, 1.82) is 0 Å². The SMILES string of the molecule is O=C(Nc1ccc(Sc2nncs2)c(Cl)c1)c1cccnc1. The molecule has 1 N–H and O–H groups in total. The zero-order valence-electron chi connectivity index (χ0n) is 11.1. The molecule has 1 aromatic carbocycles. The molecule has 0 saturated carbocycles. The molecule has 0 spiro atoms. The largest absolute Gasteiger partial charge is 0.322 e. The summed E-state index contributed by atoms with van der Waals surface area (Å²) in [6.45, 7) is 0. The molecular formula is C14H9ClN4OS2. The number of nitrogens with zero attached hydrogens (tertiary/aromatic N) is 3. The molecule has 0 fully saturated rings. The van der Waals surface area contributed by atoms with Crippen molar-refractivity contribution in [2.45, 2.75) is 9.24 Å². The third kappa shape index (κ3) is 3.62. The van der Waals surface area contributed by atoms with Gasteiger partial charge < -0.3 is 5.32 Å². The first-order valence-electron chi connectivity index (χ1n) is 6.17. The number of carbonyl (C=O) groups is 1. The summed E-state index contributed by atoms with van der Waals surface area (Å²) in [5.74, 6) is -0.228. The van der Waals surface area contributed by atoms with E-state index in [2.05, 4.69) is 20.5 Å². The molecule has 0 aliphatic rings. The summed E-state index contributed by atoms with van der Waals surface area (Å²) in [7, 11) is 0. The van der Waals surface area contributed by atoms with Crippen LogP contribution in [0.4, 0.5) is 5.69 Å². The van der Waals surface area contributed by atoms with Crippen molar-refractivity contribution < 1.29 is 4.79 Å². The molecule has 3 aromatic rings. The van der Waals surface area contributed by atoms with E-state index in [4.69, 9.17) is 11.6 Å². The van der Waals surface area contributed by atoms with Gasteiger partial charge in [-0.15, -0.1) is 10.2 Å². The molecule has 0 bridgehead atoms. The van der Waals surface area contributed by atoms with Crippen LogP contribution in [0.25, 0.3) is 0 Å². The Kier molecular flexibility index (Phi) is 4.67. The van der Waals surface area contributed by atoms with Crippen molar-refractivity contribution in [2.75, 3.05) is 5.32 Å². The number of hydrogen-bond acceptors (Lipinski definition) is 6. The van der Waals surface area contributed by atoms with Gasteiger partial charge >= 0.3 is 0 Å². The Morgan fingerprint density at radius 3 is 2.91 bits per heavy atom. The lowest BCUT2D eigenvalue weighted by atomic mass is 10.2. The Hall–Kier alpha value is -1.96. The van der Waals surface area contributed by atoms with Gasteiger partial charge in [-0.1, -0.05) is 34.7 Å². The second-order valence-electron chi connectivity index (χ2n) is 4.15. The second-order valence-corrected chi connectivity index (χ2v) is 6.68. The van der Waals surface area contributed by atoms with Crippen molar-refractivity contribution in [1.82, 2.24) is 15.2 Å². The molecule has 2 aromatic heterocycles. The highest BCUT2D eigenvalue weighted by Crippen LogP contribution is 2.35. The van der Waals surface area contributed by atoms with Gasteiger partial charge in [0.15, 0.2) is 4.34 Å². The molecule has 1 amide bonds. The van der Waals surface area contributed by atoms with Gasteiger partial charge in [0.05, 0.1) is 10.6 Å². The number of amides is 1. The lowest BCUT2D eigenvalue weighted by Gasteiger charge is -2.07. The summed E-state index contributed by atoms with van der Waals surface area (Å²) in [4.78, 5) is 16.8. The van der Waals surface area contributed by atoms with Gasteiger partial charge in [0.2, 0.25) is 0 Å². The molecule has 8 heteroatoms. The van der Waals surface area contributed by atoms with Crippen LogP contribution in [-0.4, -0.2) is 21.1 Å². The van der Waals surface area contributed by atoms with Gasteiger partial charge in [-0.3, -0.25) is 9.78 Å². The molecule has 0 atom stereocenters. The lowest BCUT2D eigenvalue weighted by molar-refractivity contribution is 0.102. The minimum atomic E-state index is -0.228. The Labute approximate surface area is 139 Å². The van der Waals surface area contributed by atoms with Crippen LogP contribution in [0.5, 0.6) is 0 Å². The number of hydrogen-bond donors (Lipinski definition) is 1. The van der Waals surface area contributed by atoms with E-state index in [1.165, 1.54) is 29.3 Å². The summed E-state index contributed by atoms with van der Waals surface area (Å²) in [6.07, 6.45) is 3.13. The van der Waals surface area contributed by atoms with Crippen molar-refractivity contribution in [3.8, 4) is 0 Å². The van der Waals surface area contributed by atoms with Crippen LogP contribution in [-0.2, 0) is 0 Å². The number of nitrogens with one attached hydrogen (secondary N) is 1. The van der Waals surface area contributed by atoms with Gasteiger partial charge in [0, 0.05) is 23.0 Å². The molecule has 22 heavy (non-hydrogen) atoms. The first-order chi connectivity index (χ1) is 10.7. The summed E-state index contributed by atoms with van der Waals surface area (Å²) in [5, 5.41) is 11.1. The number of aromatic nitrogens is 3. The molecule has 3 rings (SSSR count). The summed E-state index contributed by atoms with van der Waals surface area (Å²) in [5.41, 5.74) is 2.78. The van der Waals surface area contributed by atoms with Crippen LogP contribution in [0.3, 0.4) is 0 Å². The zero-order valence-corrected chi connectivity index (χ0v) is 13.5. The average molecular weight is 349 g/mol. The van der Waals surface area contributed by atoms with Crippen LogP contribution in [0, 0.1) is 0 Å². The van der Waals surface area contributed by atoms with Crippen LogP contribution in [0.2, 0.25) is 5.02 Å². The molecule has 0 unspecified atom stereocenters. The number of halogens is 1. The molecule has 2 heterocycles. The number of carbonyl (C=O) groups excluding carboxylic acids is 1. The van der Waals surface area contributed by atoms with Crippen molar-refractivity contribution in [3.05, 3.63) is 58.8 Å². The van der Waals surface area contributed by atoms with Gasteiger partial charge in [-0.2, -0.15) is 0 Å². The van der Waals surface area contributed by atoms with Crippen molar-refractivity contribution >= 4 is 46.3 Å². The molecule has 5 nitrogen and oxygen atoms in total. The summed E-state index contributed by atoms with van der Waals surface area (Å²) < 4.78 is 0.814. The van der Waals surface area contributed by atoms with Gasteiger partial charge in [0.1, 0.15) is 5.51 Å². The van der Waals surface area contributed by atoms with Gasteiger partial charge in [-0.25, -0.2) is 0 Å². The van der Waals surface area contributed by atoms with E-state index in [1.807, 2.05) is 6.07 Å². The molecule has 0 aliphatic heterocycles. The molecule has 0 radical (unpaired) electrons. The van der Waals surface area contributed by atoms with E-state index in [-0.39, 0.29) is 5.91 Å². The van der Waals surface area contributed by atoms with E-state index < -0.39 is 0 Å². The Bertz CT molecular complexity index is 781. The fourth-order valence-electron chi connectivity index (χ4n) is 1.66. The van der Waals surface area contributed by atoms with Crippen molar-refractivity contribution in [3.63, 3.8) is 0 Å². The average Bonchev–Trinajstić information content (AvgIpc) is 3.04. The topological polar surface area (TPSA) is 67.8 Å². The molecular weight excluding hydrogens is 340 g/mol. The number of anilines is 1. The maximum Gasteiger partial charge on any atom is 0.257 e. The summed E-state index contributed by atoms with van der Waals surface area (Å²) >= 11 is 9.13. The van der Waals surface area contributed by atoms with E-state index in [0.717, 1.165) is 9.24 Å². The fraction of sp³-hybridized carbons (Fsp3) is 0. The first kappa shape index (κ1) is 15.0. The Morgan fingerprint density at radius 1 is 1.32 bits per heavy atom. The highest BCUT2D eigenvalue weighted by molar-refractivity contribution is 8.01. The minimum Gasteiger partial charge on any atom is -0.322 e. The fourth-order valence-corrected chi connectivity index (χ4v) is 3.40. The van der Waals surface area contributed by atoms with Crippen LogP contribution in [0.1, 0.15) is 10.4 Å². The Balaban J connectivity index is 1.73. The predicted molar refractivity (Wildman–Crippen MR) is 87.7 cm³/mol. The summed E-state index contributed by atoms with van der Waals surface area (Å²) in [6, 6.07) is 8.75. The third-order valence-corrected chi connectivity index (χ3v) is 4.93. The van der Waals surface area contributed by atoms with Crippen LogP contribution < -0.4 is 5.32 Å². The highest BCUT2D eigenvalue weighted by atomic mass is 35.5. The number of rotatable bonds is 4. The van der Waals surface area contributed by atoms with Crippen LogP contribution in [0.15, 0.2) is 57.5 Å². The maximum atomic E-state index is 12.1. The highest BCUT2D eigenvalue weighted by Gasteiger charge is 2.09. The standard InChI is InChI=1S/C14H9ClN4OS2/c15-11-6-10(18-13(20)9-2-1-5-16-7-9)3-4-12(11)22-14-19-17-8-21-14/h1-8H,(H,18,20). The van der Waals surface area contributed by atoms with Crippen molar-refractivity contribution in [2.24, 2.45) is 0 Å². The lowest BCUT2D eigenvalue weighted by Crippen LogP contribution is -2.11. The minimum absolute atomic E-state index is 0.228. The molecule has 110 valence electrons. The number of pyridine rings is 1. The molecule has 0 aliphatic carbocycles. The van der Waals surface area contributed by atoms with E-state index in [0.29, 0.717) is 16.3 Å². The monoisotopic (exact) mass is 348 g/mol. The first-order valence-corrected chi connectivity index (χ1v) is 8.25. The van der Waals surface area contributed by atoms with Gasteiger partial charge in [-0.05, 0) is 30.3 Å². The van der Waals surface area contributed by atoms with Crippen LogP contribution >= 0.6 is 34.7 Å². The normalized spacial score (nSPS) is 10.4. The maximum absolute atomic E-state index is 12.1. The van der Waals surface area contributed by atoms with Gasteiger partial charge in [0.25, 0.3) is 5.91 Å². The van der Waals surface area contributed by atoms with E-state index in [1.54, 1.807) is 36.0 Å². The number of benzene rings is 1. The van der Waals surface area contributed by atoms with E-state index >= 15 is 0 Å². The van der Waals surface area contributed by atoms with E-state index in [9.17, 15) is 4.79 Å². The Morgan fingerprint density at radius 2 is 2.23 bits per heavy atom.